The van der Waals surface area contributed by atoms with Crippen LogP contribution in [0.5, 0.6) is 0 Å². The fourth-order valence-electron chi connectivity index (χ4n) is 2.89. The van der Waals surface area contributed by atoms with Gasteiger partial charge in [0.25, 0.3) is 0 Å². The lowest BCUT2D eigenvalue weighted by Crippen LogP contribution is -2.17. The predicted octanol–water partition coefficient (Wildman–Crippen LogP) is 2.49. The normalized spacial score (nSPS) is 17.7. The first-order valence-corrected chi connectivity index (χ1v) is 8.99. The molecule has 21 heavy (non-hydrogen) atoms. The minimum atomic E-state index is -0.894. The van der Waals surface area contributed by atoms with Crippen LogP contribution in [-0.4, -0.2) is 30.2 Å². The molecule has 0 unspecified atom stereocenters. The molecule has 1 aliphatic carbocycles. The maximum absolute atomic E-state index is 12.4. The molecule has 0 bridgehead atoms. The second-order valence-corrected chi connectivity index (χ2v) is 7.10. The van der Waals surface area contributed by atoms with E-state index in [2.05, 4.69) is 15.5 Å². The largest absolute Gasteiger partial charge is 0.259 e. The van der Waals surface area contributed by atoms with E-state index in [4.69, 9.17) is 0 Å². The summed E-state index contributed by atoms with van der Waals surface area (Å²) >= 11 is 0. The molecule has 0 radical (unpaired) electrons. The summed E-state index contributed by atoms with van der Waals surface area (Å²) in [6, 6.07) is 9.74. The molecule has 6 heteroatoms. The Morgan fingerprint density at radius 1 is 1.14 bits per heavy atom. The van der Waals surface area contributed by atoms with Crippen molar-refractivity contribution in [2.45, 2.75) is 37.9 Å². The summed E-state index contributed by atoms with van der Waals surface area (Å²) < 4.78 is 14.0. The third-order valence-corrected chi connectivity index (χ3v) is 5.39. The molecule has 1 atom stereocenters. The molecule has 1 heterocycles. The molecule has 3 rings (SSSR count). The van der Waals surface area contributed by atoms with E-state index in [1.807, 2.05) is 30.3 Å². The summed E-state index contributed by atoms with van der Waals surface area (Å²) in [5, 5.41) is 11.8. The van der Waals surface area contributed by atoms with Crippen molar-refractivity contribution >= 4 is 10.8 Å². The van der Waals surface area contributed by atoms with Crippen molar-refractivity contribution in [2.75, 3.05) is 5.75 Å². The highest BCUT2D eigenvalue weighted by atomic mass is 32.2. The van der Waals surface area contributed by atoms with E-state index in [0.29, 0.717) is 17.5 Å². The van der Waals surface area contributed by atoms with Crippen molar-refractivity contribution in [3.63, 3.8) is 0 Å². The highest BCUT2D eigenvalue weighted by Gasteiger charge is 2.18. The fourth-order valence-corrected chi connectivity index (χ4v) is 4.33. The maximum Gasteiger partial charge on any atom is 0.169 e. The summed E-state index contributed by atoms with van der Waals surface area (Å²) in [6.45, 7) is 0. The Bertz CT molecular complexity index is 593. The smallest absolute Gasteiger partial charge is 0.169 e. The highest BCUT2D eigenvalue weighted by Crippen LogP contribution is 2.24. The van der Waals surface area contributed by atoms with Crippen LogP contribution in [0.1, 0.15) is 37.9 Å². The van der Waals surface area contributed by atoms with Gasteiger partial charge in [0.2, 0.25) is 0 Å². The number of hydrogen-bond acceptors (Lipinski definition) is 4. The first-order chi connectivity index (χ1) is 10.3. The van der Waals surface area contributed by atoms with Crippen LogP contribution in [0.15, 0.2) is 30.3 Å². The zero-order valence-electron chi connectivity index (χ0n) is 12.0. The minimum Gasteiger partial charge on any atom is -0.259 e. The lowest BCUT2D eigenvalue weighted by atomic mass is 9.91. The number of tetrazole rings is 1. The topological polar surface area (TPSA) is 60.7 Å². The molecule has 1 fully saturated rings. The zero-order chi connectivity index (χ0) is 14.5. The van der Waals surface area contributed by atoms with Crippen molar-refractivity contribution in [1.82, 2.24) is 20.2 Å². The van der Waals surface area contributed by atoms with Crippen LogP contribution in [0.2, 0.25) is 0 Å². The number of para-hydroxylation sites is 1. The first-order valence-electron chi connectivity index (χ1n) is 7.50. The van der Waals surface area contributed by atoms with Crippen LogP contribution < -0.4 is 0 Å². The molecule has 0 saturated heterocycles. The minimum absolute atomic E-state index is 0.429. The quantitative estimate of drug-likeness (QED) is 0.851. The number of aromatic nitrogens is 4. The second kappa shape index (κ2) is 6.93. The van der Waals surface area contributed by atoms with Crippen LogP contribution in [0, 0.1) is 5.92 Å². The highest BCUT2D eigenvalue weighted by molar-refractivity contribution is 7.84. The van der Waals surface area contributed by atoms with Gasteiger partial charge in [-0.05, 0) is 41.3 Å². The van der Waals surface area contributed by atoms with Gasteiger partial charge in [0.1, 0.15) is 0 Å². The lowest BCUT2D eigenvalue weighted by Gasteiger charge is -2.20. The maximum atomic E-state index is 12.4. The van der Waals surface area contributed by atoms with Crippen molar-refractivity contribution in [1.29, 1.82) is 0 Å². The lowest BCUT2D eigenvalue weighted by molar-refractivity contribution is 0.388. The van der Waals surface area contributed by atoms with Gasteiger partial charge in [-0.25, -0.2) is 0 Å². The summed E-state index contributed by atoms with van der Waals surface area (Å²) in [6.07, 6.45) is 6.33. The van der Waals surface area contributed by atoms with Gasteiger partial charge in [-0.2, -0.15) is 4.68 Å². The number of hydrogen-bond donors (Lipinski definition) is 0. The third kappa shape index (κ3) is 3.75. The zero-order valence-corrected chi connectivity index (χ0v) is 12.8. The fraction of sp³-hybridized carbons (Fsp3) is 0.533. The molecule has 2 aromatic rings. The summed E-state index contributed by atoms with van der Waals surface area (Å²) in [4.78, 5) is 0. The molecule has 5 nitrogen and oxygen atoms in total. The number of rotatable bonds is 5. The SMILES string of the molecule is O=[S@@](Cc1nnnn1-c1ccccc1)CC1CCCCC1. The van der Waals surface area contributed by atoms with E-state index in [-0.39, 0.29) is 0 Å². The van der Waals surface area contributed by atoms with Crippen molar-refractivity contribution < 1.29 is 4.21 Å². The molecule has 1 aliphatic rings. The van der Waals surface area contributed by atoms with E-state index in [9.17, 15) is 4.21 Å². The monoisotopic (exact) mass is 304 g/mol. The van der Waals surface area contributed by atoms with Crippen LogP contribution in [0.25, 0.3) is 5.69 Å². The van der Waals surface area contributed by atoms with E-state index in [0.717, 1.165) is 11.4 Å². The first kappa shape index (κ1) is 14.4. The second-order valence-electron chi connectivity index (χ2n) is 5.60. The van der Waals surface area contributed by atoms with Gasteiger partial charge in [-0.3, -0.25) is 4.21 Å². The van der Waals surface area contributed by atoms with Gasteiger partial charge in [0, 0.05) is 16.6 Å². The van der Waals surface area contributed by atoms with Crippen LogP contribution in [0.3, 0.4) is 0 Å². The summed E-state index contributed by atoms with van der Waals surface area (Å²) in [5.41, 5.74) is 0.909. The third-order valence-electron chi connectivity index (χ3n) is 3.97. The van der Waals surface area contributed by atoms with Crippen LogP contribution >= 0.6 is 0 Å². The predicted molar refractivity (Wildman–Crippen MR) is 82.4 cm³/mol. The van der Waals surface area contributed by atoms with Crippen LogP contribution in [0.4, 0.5) is 0 Å². The Labute approximate surface area is 127 Å². The molecule has 0 N–H and O–H groups in total. The molecule has 0 amide bonds. The van der Waals surface area contributed by atoms with Gasteiger partial charge in [-0.1, -0.05) is 37.5 Å². The molecule has 1 aromatic carbocycles. The Balaban J connectivity index is 1.65. The standard InChI is InChI=1S/C15H20N4OS/c20-21(11-13-7-3-1-4-8-13)12-15-16-17-18-19(15)14-9-5-2-6-10-14/h2,5-6,9-10,13H,1,3-4,7-8,11-12H2/t21-/m1/s1. The van der Waals surface area contributed by atoms with Crippen molar-refractivity contribution in [3.05, 3.63) is 36.2 Å². The van der Waals surface area contributed by atoms with Gasteiger partial charge < -0.3 is 0 Å². The Hall–Kier alpha value is -1.56. The Kier molecular flexibility index (Phi) is 4.75. The summed E-state index contributed by atoms with van der Waals surface area (Å²) in [5.74, 6) is 2.50. The van der Waals surface area contributed by atoms with Crippen LogP contribution in [-0.2, 0) is 16.6 Å². The molecule has 112 valence electrons. The molecule has 1 saturated carbocycles. The van der Waals surface area contributed by atoms with Gasteiger partial charge in [-0.15, -0.1) is 5.10 Å². The van der Waals surface area contributed by atoms with E-state index in [1.54, 1.807) is 4.68 Å². The number of nitrogens with zero attached hydrogens (tertiary/aromatic N) is 4. The van der Waals surface area contributed by atoms with E-state index in [1.165, 1.54) is 32.1 Å². The molecule has 0 spiro atoms. The van der Waals surface area contributed by atoms with Gasteiger partial charge in [0.15, 0.2) is 5.82 Å². The molecule has 1 aromatic heterocycles. The van der Waals surface area contributed by atoms with E-state index < -0.39 is 10.8 Å². The van der Waals surface area contributed by atoms with E-state index >= 15 is 0 Å². The average molecular weight is 304 g/mol. The molecular weight excluding hydrogens is 284 g/mol. The molecule has 0 aliphatic heterocycles. The van der Waals surface area contributed by atoms with Crippen molar-refractivity contribution in [3.8, 4) is 5.69 Å². The Morgan fingerprint density at radius 3 is 2.67 bits per heavy atom. The summed E-state index contributed by atoms with van der Waals surface area (Å²) in [7, 11) is -0.894. The number of benzene rings is 1. The van der Waals surface area contributed by atoms with Gasteiger partial charge >= 0.3 is 0 Å². The van der Waals surface area contributed by atoms with Crippen molar-refractivity contribution in [2.24, 2.45) is 5.92 Å². The molecular formula is C15H20N4OS. The Morgan fingerprint density at radius 2 is 1.90 bits per heavy atom. The average Bonchev–Trinajstić information content (AvgIpc) is 2.97. The van der Waals surface area contributed by atoms with Gasteiger partial charge in [0.05, 0.1) is 11.4 Å².